The molecule has 0 radical (unpaired) electrons. The van der Waals surface area contributed by atoms with Crippen LogP contribution in [0.15, 0.2) is 40.1 Å². The van der Waals surface area contributed by atoms with E-state index in [0.717, 1.165) is 11.5 Å². The topological polar surface area (TPSA) is 52.6 Å². The molecule has 0 unspecified atom stereocenters. The number of hydrogen-bond donors (Lipinski definition) is 0. The number of benzene rings is 1. The van der Waals surface area contributed by atoms with Crippen molar-refractivity contribution >= 4 is 35.5 Å². The first kappa shape index (κ1) is 14.5. The maximum atomic E-state index is 12.3. The molecule has 0 amide bonds. The molecule has 0 spiro atoms. The Kier molecular flexibility index (Phi) is 3.99. The number of thioether (sulfide) groups is 2. The van der Waals surface area contributed by atoms with Crippen LogP contribution in [-0.4, -0.2) is 23.4 Å². The number of carbonyl (C=O) groups is 2. The fourth-order valence-electron chi connectivity index (χ4n) is 2.29. The SMILES string of the molecule is CCC1(c2ccccc2)OC(=O)C(=C2SCCS2)C(=O)O1. The molecule has 2 fully saturated rings. The maximum Gasteiger partial charge on any atom is 0.350 e. The highest BCUT2D eigenvalue weighted by Gasteiger charge is 2.47. The Morgan fingerprint density at radius 2 is 1.62 bits per heavy atom. The summed E-state index contributed by atoms with van der Waals surface area (Å²) in [5, 5.41) is 0. The number of ether oxygens (including phenoxy) is 2. The van der Waals surface area contributed by atoms with Gasteiger partial charge in [-0.2, -0.15) is 0 Å². The predicted molar refractivity (Wildman–Crippen MR) is 82.5 cm³/mol. The lowest BCUT2D eigenvalue weighted by atomic mass is 10.0. The van der Waals surface area contributed by atoms with Gasteiger partial charge in [0.05, 0.1) is 4.24 Å². The Labute approximate surface area is 131 Å². The van der Waals surface area contributed by atoms with Gasteiger partial charge < -0.3 is 9.47 Å². The largest absolute Gasteiger partial charge is 0.414 e. The number of hydrogen-bond acceptors (Lipinski definition) is 6. The lowest BCUT2D eigenvalue weighted by molar-refractivity contribution is -0.242. The normalized spacial score (nSPS) is 25.8. The molecule has 110 valence electrons. The van der Waals surface area contributed by atoms with Gasteiger partial charge in [-0.25, -0.2) is 9.59 Å². The molecule has 0 aromatic heterocycles. The quantitative estimate of drug-likeness (QED) is 0.474. The smallest absolute Gasteiger partial charge is 0.350 e. The molecule has 3 rings (SSSR count). The van der Waals surface area contributed by atoms with Crippen LogP contribution in [0, 0.1) is 0 Å². The lowest BCUT2D eigenvalue weighted by Crippen LogP contribution is -2.44. The first-order valence-corrected chi connectivity index (χ1v) is 8.65. The average Bonchev–Trinajstić information content (AvgIpc) is 3.01. The van der Waals surface area contributed by atoms with Gasteiger partial charge in [0.15, 0.2) is 5.57 Å². The van der Waals surface area contributed by atoms with Crippen molar-refractivity contribution in [2.75, 3.05) is 11.5 Å². The number of rotatable bonds is 2. The van der Waals surface area contributed by atoms with E-state index in [-0.39, 0.29) is 5.57 Å². The third-order valence-corrected chi connectivity index (χ3v) is 6.07. The minimum absolute atomic E-state index is 0.0440. The molecule has 0 aliphatic carbocycles. The van der Waals surface area contributed by atoms with Crippen LogP contribution in [0.1, 0.15) is 18.9 Å². The molecule has 2 aliphatic heterocycles. The molecule has 0 saturated carbocycles. The Hall–Kier alpha value is -1.40. The van der Waals surface area contributed by atoms with Crippen LogP contribution in [-0.2, 0) is 24.8 Å². The van der Waals surface area contributed by atoms with Gasteiger partial charge in [-0.15, -0.1) is 23.5 Å². The van der Waals surface area contributed by atoms with Crippen molar-refractivity contribution < 1.29 is 19.1 Å². The minimum Gasteiger partial charge on any atom is -0.414 e. The first-order valence-electron chi connectivity index (χ1n) is 6.68. The monoisotopic (exact) mass is 322 g/mol. The van der Waals surface area contributed by atoms with Crippen molar-refractivity contribution in [3.63, 3.8) is 0 Å². The molecule has 2 saturated heterocycles. The average molecular weight is 322 g/mol. The van der Waals surface area contributed by atoms with Crippen molar-refractivity contribution in [3.8, 4) is 0 Å². The van der Waals surface area contributed by atoms with E-state index in [2.05, 4.69) is 0 Å². The summed E-state index contributed by atoms with van der Waals surface area (Å²) in [7, 11) is 0. The number of carbonyl (C=O) groups excluding carboxylic acids is 2. The predicted octanol–water partition coefficient (Wildman–Crippen LogP) is 3.04. The zero-order chi connectivity index (χ0) is 14.9. The summed E-state index contributed by atoms with van der Waals surface area (Å²) in [6.45, 7) is 1.82. The van der Waals surface area contributed by atoms with Crippen LogP contribution in [0.2, 0.25) is 0 Å². The second-order valence-corrected chi connectivity index (χ2v) is 7.08. The fourth-order valence-corrected chi connectivity index (χ4v) is 4.78. The van der Waals surface area contributed by atoms with E-state index >= 15 is 0 Å². The molecule has 2 aliphatic rings. The molecule has 1 aromatic rings. The van der Waals surface area contributed by atoms with Gasteiger partial charge in [0.25, 0.3) is 5.79 Å². The van der Waals surface area contributed by atoms with Crippen molar-refractivity contribution in [2.24, 2.45) is 0 Å². The zero-order valence-electron chi connectivity index (χ0n) is 11.5. The fraction of sp³-hybridized carbons (Fsp3) is 0.333. The molecule has 2 heterocycles. The van der Waals surface area contributed by atoms with Crippen LogP contribution in [0.4, 0.5) is 0 Å². The Morgan fingerprint density at radius 3 is 2.14 bits per heavy atom. The van der Waals surface area contributed by atoms with Crippen LogP contribution >= 0.6 is 23.5 Å². The van der Waals surface area contributed by atoms with E-state index in [1.54, 1.807) is 12.1 Å². The standard InChI is InChI=1S/C15H14O4S2/c1-2-15(10-6-4-3-5-7-10)18-12(16)11(13(17)19-15)14-20-8-9-21-14/h3-7H,2,8-9H2,1H3. The van der Waals surface area contributed by atoms with Crippen molar-refractivity contribution in [1.29, 1.82) is 0 Å². The highest BCUT2D eigenvalue weighted by Crippen LogP contribution is 2.43. The second-order valence-electron chi connectivity index (χ2n) is 4.61. The first-order chi connectivity index (χ1) is 10.2. The molecule has 1 aromatic carbocycles. The zero-order valence-corrected chi connectivity index (χ0v) is 13.1. The number of cyclic esters (lactones) is 2. The molecule has 0 atom stereocenters. The van der Waals surface area contributed by atoms with Gasteiger partial charge in [-0.1, -0.05) is 37.3 Å². The highest BCUT2D eigenvalue weighted by atomic mass is 32.2. The van der Waals surface area contributed by atoms with Crippen LogP contribution in [0.25, 0.3) is 0 Å². The minimum atomic E-state index is -1.31. The van der Waals surface area contributed by atoms with Gasteiger partial charge in [-0.05, 0) is 0 Å². The molecule has 21 heavy (non-hydrogen) atoms. The van der Waals surface area contributed by atoms with Crippen molar-refractivity contribution in [2.45, 2.75) is 19.1 Å². The summed E-state index contributed by atoms with van der Waals surface area (Å²) in [6.07, 6.45) is 0.372. The van der Waals surface area contributed by atoms with Gasteiger partial charge in [0.1, 0.15) is 0 Å². The second kappa shape index (κ2) is 5.77. The van der Waals surface area contributed by atoms with Crippen LogP contribution in [0.5, 0.6) is 0 Å². The Balaban J connectivity index is 1.97. The molecular formula is C15H14O4S2. The lowest BCUT2D eigenvalue weighted by Gasteiger charge is -2.36. The summed E-state index contributed by atoms with van der Waals surface area (Å²) < 4.78 is 11.8. The molecule has 0 bridgehead atoms. The van der Waals surface area contributed by atoms with E-state index in [1.807, 2.05) is 25.1 Å². The summed E-state index contributed by atoms with van der Waals surface area (Å²) in [4.78, 5) is 24.7. The molecule has 6 heteroatoms. The number of esters is 2. The van der Waals surface area contributed by atoms with E-state index in [9.17, 15) is 9.59 Å². The summed E-state index contributed by atoms with van der Waals surface area (Å²) >= 11 is 3.00. The molecule has 4 nitrogen and oxygen atoms in total. The van der Waals surface area contributed by atoms with E-state index in [0.29, 0.717) is 16.2 Å². The third-order valence-electron chi connectivity index (χ3n) is 3.36. The molecule has 0 N–H and O–H groups in total. The van der Waals surface area contributed by atoms with Gasteiger partial charge in [-0.3, -0.25) is 0 Å². The van der Waals surface area contributed by atoms with Crippen molar-refractivity contribution in [1.82, 2.24) is 0 Å². The van der Waals surface area contributed by atoms with Crippen LogP contribution in [0.3, 0.4) is 0 Å². The maximum absolute atomic E-state index is 12.3. The van der Waals surface area contributed by atoms with Gasteiger partial charge >= 0.3 is 11.9 Å². The van der Waals surface area contributed by atoms with Gasteiger partial charge in [0, 0.05) is 23.5 Å². The summed E-state index contributed by atoms with van der Waals surface area (Å²) in [6, 6.07) is 9.09. The van der Waals surface area contributed by atoms with Crippen molar-refractivity contribution in [3.05, 3.63) is 45.7 Å². The highest BCUT2D eigenvalue weighted by molar-refractivity contribution is 8.25. The Bertz CT molecular complexity index is 581. The molecular weight excluding hydrogens is 308 g/mol. The van der Waals surface area contributed by atoms with E-state index in [1.165, 1.54) is 23.5 Å². The summed E-state index contributed by atoms with van der Waals surface area (Å²) in [5.74, 6) is -0.709. The Morgan fingerprint density at radius 1 is 1.05 bits per heavy atom. The van der Waals surface area contributed by atoms with Crippen LogP contribution < -0.4 is 0 Å². The summed E-state index contributed by atoms with van der Waals surface area (Å²) in [5.41, 5.74) is 0.715. The van der Waals surface area contributed by atoms with E-state index < -0.39 is 17.7 Å². The van der Waals surface area contributed by atoms with Gasteiger partial charge in [0.2, 0.25) is 0 Å². The third kappa shape index (κ3) is 2.58. The van der Waals surface area contributed by atoms with E-state index in [4.69, 9.17) is 9.47 Å².